The van der Waals surface area contributed by atoms with Crippen molar-refractivity contribution in [2.75, 3.05) is 14.2 Å². The Morgan fingerprint density at radius 1 is 1.50 bits per heavy atom. The maximum atomic E-state index is 5.70. The molecule has 2 aromatic rings. The van der Waals surface area contributed by atoms with Crippen LogP contribution in [0.2, 0.25) is 0 Å². The third-order valence-corrected chi connectivity index (χ3v) is 2.97. The summed E-state index contributed by atoms with van der Waals surface area (Å²) < 4.78 is 13.0. The van der Waals surface area contributed by atoms with Crippen LogP contribution in [-0.2, 0) is 6.54 Å². The predicted octanol–water partition coefficient (Wildman–Crippen LogP) is 2.12. The van der Waals surface area contributed by atoms with E-state index in [1.807, 2.05) is 30.8 Å². The molecular weight excluding hydrogens is 230 g/mol. The molecule has 0 aliphatic rings. The molecule has 0 aromatic carbocycles. The standard InChI is InChI=1S/C13H19N3O2/c1-5-16-13(11(17-4)8-15-16)12(14-3)10-7-6-9(2)18-10/h6-8,12,14H,5H2,1-4H3. The zero-order valence-electron chi connectivity index (χ0n) is 11.2. The van der Waals surface area contributed by atoms with Crippen molar-refractivity contribution in [1.82, 2.24) is 15.1 Å². The van der Waals surface area contributed by atoms with Crippen molar-refractivity contribution in [2.45, 2.75) is 26.4 Å². The fourth-order valence-electron chi connectivity index (χ4n) is 2.10. The molecule has 2 aromatic heterocycles. The van der Waals surface area contributed by atoms with Gasteiger partial charge in [0, 0.05) is 6.54 Å². The molecule has 0 amide bonds. The third kappa shape index (κ3) is 2.13. The Morgan fingerprint density at radius 3 is 2.78 bits per heavy atom. The molecule has 18 heavy (non-hydrogen) atoms. The van der Waals surface area contributed by atoms with Crippen LogP contribution in [0.3, 0.4) is 0 Å². The molecule has 1 unspecified atom stereocenters. The number of hydrogen-bond acceptors (Lipinski definition) is 4. The highest BCUT2D eigenvalue weighted by Crippen LogP contribution is 2.30. The number of aryl methyl sites for hydroxylation is 2. The average molecular weight is 249 g/mol. The number of nitrogens with one attached hydrogen (secondary N) is 1. The Labute approximate surface area is 107 Å². The second-order valence-electron chi connectivity index (χ2n) is 4.08. The first-order chi connectivity index (χ1) is 8.71. The number of aromatic nitrogens is 2. The van der Waals surface area contributed by atoms with E-state index in [9.17, 15) is 0 Å². The van der Waals surface area contributed by atoms with Gasteiger partial charge in [-0.25, -0.2) is 0 Å². The van der Waals surface area contributed by atoms with Gasteiger partial charge in [0.25, 0.3) is 0 Å². The lowest BCUT2D eigenvalue weighted by Gasteiger charge is -2.16. The van der Waals surface area contributed by atoms with Gasteiger partial charge in [-0.15, -0.1) is 0 Å². The minimum atomic E-state index is -0.0592. The molecule has 1 atom stereocenters. The molecule has 98 valence electrons. The van der Waals surface area contributed by atoms with Gasteiger partial charge in [-0.2, -0.15) is 5.10 Å². The van der Waals surface area contributed by atoms with Crippen molar-refractivity contribution in [3.8, 4) is 5.75 Å². The maximum Gasteiger partial charge on any atom is 0.162 e. The molecule has 0 saturated carbocycles. The number of furan rings is 1. The van der Waals surface area contributed by atoms with Crippen LogP contribution in [0.5, 0.6) is 5.75 Å². The fourth-order valence-corrected chi connectivity index (χ4v) is 2.10. The summed E-state index contributed by atoms with van der Waals surface area (Å²) in [5, 5.41) is 7.57. The highest BCUT2D eigenvalue weighted by atomic mass is 16.5. The SMILES string of the molecule is CCn1ncc(OC)c1C(NC)c1ccc(C)o1. The van der Waals surface area contributed by atoms with E-state index in [0.29, 0.717) is 0 Å². The molecular formula is C13H19N3O2. The summed E-state index contributed by atoms with van der Waals surface area (Å²) in [5.74, 6) is 2.53. The monoisotopic (exact) mass is 249 g/mol. The van der Waals surface area contributed by atoms with E-state index in [1.165, 1.54) is 0 Å². The smallest absolute Gasteiger partial charge is 0.162 e. The Hall–Kier alpha value is -1.75. The van der Waals surface area contributed by atoms with Crippen molar-refractivity contribution in [3.05, 3.63) is 35.5 Å². The summed E-state index contributed by atoms with van der Waals surface area (Å²) >= 11 is 0. The van der Waals surface area contributed by atoms with Gasteiger partial charge in [0.2, 0.25) is 0 Å². The van der Waals surface area contributed by atoms with E-state index in [4.69, 9.17) is 9.15 Å². The minimum absolute atomic E-state index is 0.0592. The first-order valence-electron chi connectivity index (χ1n) is 6.04. The molecule has 5 nitrogen and oxygen atoms in total. The van der Waals surface area contributed by atoms with E-state index in [0.717, 1.165) is 29.5 Å². The fraction of sp³-hybridized carbons (Fsp3) is 0.462. The van der Waals surface area contributed by atoms with Crippen LogP contribution in [0.4, 0.5) is 0 Å². The van der Waals surface area contributed by atoms with Gasteiger partial charge < -0.3 is 14.5 Å². The quantitative estimate of drug-likeness (QED) is 0.882. The Balaban J connectivity index is 2.46. The Morgan fingerprint density at radius 2 is 2.28 bits per heavy atom. The molecule has 2 rings (SSSR count). The first-order valence-corrected chi connectivity index (χ1v) is 6.04. The van der Waals surface area contributed by atoms with Gasteiger partial charge in [-0.3, -0.25) is 4.68 Å². The molecule has 0 saturated heterocycles. The number of methoxy groups -OCH3 is 1. The van der Waals surface area contributed by atoms with E-state index in [2.05, 4.69) is 17.3 Å². The number of hydrogen-bond donors (Lipinski definition) is 1. The van der Waals surface area contributed by atoms with Crippen LogP contribution < -0.4 is 10.1 Å². The second-order valence-corrected chi connectivity index (χ2v) is 4.08. The molecule has 5 heteroatoms. The lowest BCUT2D eigenvalue weighted by atomic mass is 10.1. The highest BCUT2D eigenvalue weighted by Gasteiger charge is 2.24. The minimum Gasteiger partial charge on any atom is -0.493 e. The summed E-state index contributed by atoms with van der Waals surface area (Å²) in [6, 6.07) is 3.87. The van der Waals surface area contributed by atoms with Crippen LogP contribution >= 0.6 is 0 Å². The summed E-state index contributed by atoms with van der Waals surface area (Å²) in [4.78, 5) is 0. The number of nitrogens with zero attached hydrogens (tertiary/aromatic N) is 2. The van der Waals surface area contributed by atoms with E-state index < -0.39 is 0 Å². The predicted molar refractivity (Wildman–Crippen MR) is 68.8 cm³/mol. The van der Waals surface area contributed by atoms with Crippen LogP contribution in [0.25, 0.3) is 0 Å². The van der Waals surface area contributed by atoms with Crippen molar-refractivity contribution >= 4 is 0 Å². The Bertz CT molecular complexity index is 495. The molecule has 1 N–H and O–H groups in total. The van der Waals surface area contributed by atoms with Crippen LogP contribution in [-0.4, -0.2) is 23.9 Å². The summed E-state index contributed by atoms with van der Waals surface area (Å²) in [7, 11) is 3.55. The maximum absolute atomic E-state index is 5.70. The molecule has 0 aliphatic heterocycles. The summed E-state index contributed by atoms with van der Waals surface area (Å²) in [6.45, 7) is 4.77. The van der Waals surface area contributed by atoms with Crippen molar-refractivity contribution in [1.29, 1.82) is 0 Å². The van der Waals surface area contributed by atoms with Gasteiger partial charge >= 0.3 is 0 Å². The van der Waals surface area contributed by atoms with Crippen molar-refractivity contribution < 1.29 is 9.15 Å². The highest BCUT2D eigenvalue weighted by molar-refractivity contribution is 5.33. The molecule has 0 spiro atoms. The van der Waals surface area contributed by atoms with Gasteiger partial charge in [-0.1, -0.05) is 0 Å². The van der Waals surface area contributed by atoms with Crippen LogP contribution in [0, 0.1) is 6.92 Å². The lowest BCUT2D eigenvalue weighted by molar-refractivity contribution is 0.385. The van der Waals surface area contributed by atoms with Crippen molar-refractivity contribution in [3.63, 3.8) is 0 Å². The zero-order chi connectivity index (χ0) is 13.1. The second kappa shape index (κ2) is 5.27. The lowest BCUT2D eigenvalue weighted by Crippen LogP contribution is -2.21. The largest absolute Gasteiger partial charge is 0.493 e. The molecule has 2 heterocycles. The van der Waals surface area contributed by atoms with Gasteiger partial charge in [0.05, 0.1) is 13.3 Å². The number of rotatable bonds is 5. The number of ether oxygens (including phenoxy) is 1. The summed E-state index contributed by atoms with van der Waals surface area (Å²) in [5.41, 5.74) is 0.983. The van der Waals surface area contributed by atoms with Gasteiger partial charge in [0.15, 0.2) is 5.75 Å². The van der Waals surface area contributed by atoms with Gasteiger partial charge in [0.1, 0.15) is 23.3 Å². The van der Waals surface area contributed by atoms with Crippen LogP contribution in [0.1, 0.15) is 30.2 Å². The molecule has 0 radical (unpaired) electrons. The molecule has 0 fully saturated rings. The van der Waals surface area contributed by atoms with E-state index >= 15 is 0 Å². The van der Waals surface area contributed by atoms with Crippen molar-refractivity contribution in [2.24, 2.45) is 0 Å². The normalized spacial score (nSPS) is 12.7. The average Bonchev–Trinajstić information content (AvgIpc) is 2.97. The van der Waals surface area contributed by atoms with E-state index in [1.54, 1.807) is 13.3 Å². The van der Waals surface area contributed by atoms with Gasteiger partial charge in [-0.05, 0) is 33.0 Å². The third-order valence-electron chi connectivity index (χ3n) is 2.97. The van der Waals surface area contributed by atoms with E-state index in [-0.39, 0.29) is 6.04 Å². The first kappa shape index (κ1) is 12.7. The Kier molecular flexibility index (Phi) is 3.72. The zero-order valence-corrected chi connectivity index (χ0v) is 11.2. The molecule has 0 bridgehead atoms. The topological polar surface area (TPSA) is 52.2 Å². The summed E-state index contributed by atoms with van der Waals surface area (Å²) in [6.07, 6.45) is 1.74. The molecule has 0 aliphatic carbocycles. The van der Waals surface area contributed by atoms with Crippen LogP contribution in [0.15, 0.2) is 22.7 Å².